The number of hydrogen-bond donors (Lipinski definition) is 4. The van der Waals surface area contributed by atoms with Gasteiger partial charge in [0.05, 0.1) is 0 Å². The molecule has 0 saturated carbocycles. The van der Waals surface area contributed by atoms with Gasteiger partial charge in [-0.05, 0) is 24.1 Å². The molecule has 0 amide bonds. The van der Waals surface area contributed by atoms with E-state index in [1.807, 2.05) is 0 Å². The van der Waals surface area contributed by atoms with Crippen molar-refractivity contribution in [1.29, 1.82) is 0 Å². The van der Waals surface area contributed by atoms with Crippen LogP contribution in [0.3, 0.4) is 0 Å². The standard InChI is InChI=1S/C8H18O.C4H9.H3O2PS2.Zn/c1-8(2)6-4-3-5-7-9;1-3-4-2;1-3(2,4)5;/h8-9H,3-7H2,1-2H3;3H,4H2,1-2H3;(H3,1,2,4,5);/q;-1;;. The van der Waals surface area contributed by atoms with Gasteiger partial charge in [-0.15, -0.1) is 0 Å². The Kier molecular flexibility index (Phi) is 32.8. The van der Waals surface area contributed by atoms with Crippen molar-refractivity contribution in [3.8, 4) is 0 Å². The predicted octanol–water partition coefficient (Wildman–Crippen LogP) is 3.94. The average Bonchev–Trinajstić information content (AvgIpc) is 2.22. The van der Waals surface area contributed by atoms with E-state index in [2.05, 4.69) is 58.2 Å². The van der Waals surface area contributed by atoms with E-state index in [1.54, 1.807) is 0 Å². The summed E-state index contributed by atoms with van der Waals surface area (Å²) in [5.74, 6) is 0.823. The number of hydrogen-bond acceptors (Lipinski definition) is 2. The number of thiol groups is 1. The maximum absolute atomic E-state index is 8.43. The van der Waals surface area contributed by atoms with Gasteiger partial charge in [0.2, 0.25) is 5.69 Å². The summed E-state index contributed by atoms with van der Waals surface area (Å²) in [4.78, 5) is 15.7. The zero-order chi connectivity index (χ0) is 15.0. The predicted molar refractivity (Wildman–Crippen MR) is 88.4 cm³/mol. The number of unbranched alkanes of at least 4 members (excludes halogenated alkanes) is 3. The molecule has 116 valence electrons. The van der Waals surface area contributed by atoms with Gasteiger partial charge in [0.15, 0.2) is 0 Å². The van der Waals surface area contributed by atoms with Crippen molar-refractivity contribution < 1.29 is 34.4 Å². The second kappa shape index (κ2) is 21.8. The van der Waals surface area contributed by atoms with E-state index in [-0.39, 0.29) is 19.5 Å². The molecular weight excluding hydrogens is 353 g/mol. The SMILES string of the molecule is CC(C)CCCCCO.C[CH-]CC.OP(O)(=S)S.[Zn]. The van der Waals surface area contributed by atoms with Gasteiger partial charge < -0.3 is 21.3 Å². The van der Waals surface area contributed by atoms with E-state index < -0.39 is 5.69 Å². The van der Waals surface area contributed by atoms with Crippen LogP contribution in [0, 0.1) is 12.3 Å². The smallest absolute Gasteiger partial charge is 0.239 e. The average molecular weight is 383 g/mol. The molecular formula is C12H30O3PS2Zn-. The van der Waals surface area contributed by atoms with Gasteiger partial charge in [-0.25, -0.2) is 0 Å². The molecule has 0 aromatic heterocycles. The zero-order valence-electron chi connectivity index (χ0n) is 12.7. The van der Waals surface area contributed by atoms with Crippen LogP contribution < -0.4 is 0 Å². The molecule has 0 fully saturated rings. The van der Waals surface area contributed by atoms with Gasteiger partial charge >= 0.3 is 0 Å². The summed E-state index contributed by atoms with van der Waals surface area (Å²) in [6.07, 6.45) is 8.07. The first-order valence-electron chi connectivity index (χ1n) is 6.35. The molecule has 3 N–H and O–H groups in total. The van der Waals surface area contributed by atoms with Crippen molar-refractivity contribution in [3.05, 3.63) is 6.42 Å². The van der Waals surface area contributed by atoms with Crippen LogP contribution in [0.2, 0.25) is 0 Å². The molecule has 0 spiro atoms. The first kappa shape index (κ1) is 28.6. The van der Waals surface area contributed by atoms with Crippen LogP contribution >= 0.6 is 17.9 Å². The molecule has 0 heterocycles. The Balaban J connectivity index is -0.0000000964. The van der Waals surface area contributed by atoms with E-state index in [0.29, 0.717) is 6.61 Å². The summed E-state index contributed by atoms with van der Waals surface area (Å²) in [6.45, 7) is 9.01. The summed E-state index contributed by atoms with van der Waals surface area (Å²) < 4.78 is 0. The molecule has 0 radical (unpaired) electrons. The Hall–Kier alpha value is 1.50. The van der Waals surface area contributed by atoms with Crippen LogP contribution in [0.4, 0.5) is 0 Å². The molecule has 19 heavy (non-hydrogen) atoms. The summed E-state index contributed by atoms with van der Waals surface area (Å²) >= 11 is 7.07. The van der Waals surface area contributed by atoms with Crippen molar-refractivity contribution in [3.63, 3.8) is 0 Å². The summed E-state index contributed by atoms with van der Waals surface area (Å²) in [6, 6.07) is 0. The molecule has 7 heteroatoms. The van der Waals surface area contributed by atoms with E-state index in [0.717, 1.165) is 12.3 Å². The largest absolute Gasteiger partial charge is 0.396 e. The second-order valence-corrected chi connectivity index (χ2v) is 9.34. The molecule has 0 aromatic rings. The fourth-order valence-corrected chi connectivity index (χ4v) is 0.841. The summed E-state index contributed by atoms with van der Waals surface area (Å²) in [7, 11) is 0. The monoisotopic (exact) mass is 381 g/mol. The van der Waals surface area contributed by atoms with Crippen LogP contribution in [-0.2, 0) is 31.3 Å². The van der Waals surface area contributed by atoms with Crippen molar-refractivity contribution in [2.45, 2.75) is 59.8 Å². The molecule has 0 unspecified atom stereocenters. The normalized spacial score (nSPS) is 9.74. The maximum atomic E-state index is 8.43. The first-order chi connectivity index (χ1) is 8.18. The van der Waals surface area contributed by atoms with Crippen molar-refractivity contribution in [2.24, 2.45) is 5.92 Å². The van der Waals surface area contributed by atoms with E-state index >= 15 is 0 Å². The van der Waals surface area contributed by atoms with E-state index in [9.17, 15) is 0 Å². The summed E-state index contributed by atoms with van der Waals surface area (Å²) in [5, 5.41) is 8.43. The van der Waals surface area contributed by atoms with Crippen molar-refractivity contribution in [2.75, 3.05) is 6.61 Å². The molecule has 0 rings (SSSR count). The number of aliphatic hydroxyl groups is 1. The molecule has 3 nitrogen and oxygen atoms in total. The fourth-order valence-electron chi connectivity index (χ4n) is 0.841. The van der Waals surface area contributed by atoms with Crippen LogP contribution in [0.1, 0.15) is 59.8 Å². The minimum Gasteiger partial charge on any atom is -0.396 e. The Bertz CT molecular complexity index is 180. The van der Waals surface area contributed by atoms with Crippen LogP contribution in [0.15, 0.2) is 0 Å². The first-order valence-corrected chi connectivity index (χ1v) is 10.2. The fraction of sp³-hybridized carbons (Fsp3) is 0.917. The van der Waals surface area contributed by atoms with Crippen LogP contribution in [0.5, 0.6) is 0 Å². The Morgan fingerprint density at radius 2 is 1.58 bits per heavy atom. The van der Waals surface area contributed by atoms with E-state index in [1.165, 1.54) is 25.7 Å². The molecule has 0 aromatic carbocycles. The maximum Gasteiger partial charge on any atom is 0.239 e. The van der Waals surface area contributed by atoms with Gasteiger partial charge in [-0.1, -0.05) is 52.3 Å². The van der Waals surface area contributed by atoms with Gasteiger partial charge in [-0.2, -0.15) is 13.3 Å². The third-order valence-corrected chi connectivity index (χ3v) is 1.85. The molecule has 0 atom stereocenters. The zero-order valence-corrected chi connectivity index (χ0v) is 18.3. The molecule has 0 aliphatic heterocycles. The number of aliphatic hydroxyl groups excluding tert-OH is 1. The third kappa shape index (κ3) is 82.6. The number of rotatable bonds is 6. The summed E-state index contributed by atoms with van der Waals surface area (Å²) in [5.41, 5.74) is -3.11. The van der Waals surface area contributed by atoms with Crippen molar-refractivity contribution in [1.82, 2.24) is 0 Å². The van der Waals surface area contributed by atoms with Gasteiger partial charge in [0, 0.05) is 26.1 Å². The van der Waals surface area contributed by atoms with Crippen molar-refractivity contribution >= 4 is 29.7 Å². The molecule has 0 aliphatic rings. The Morgan fingerprint density at radius 3 is 1.79 bits per heavy atom. The van der Waals surface area contributed by atoms with Gasteiger partial charge in [0.25, 0.3) is 0 Å². The minimum atomic E-state index is -3.11. The molecule has 0 aliphatic carbocycles. The third-order valence-electron chi connectivity index (χ3n) is 1.85. The van der Waals surface area contributed by atoms with Gasteiger partial charge in [0.1, 0.15) is 0 Å². The second-order valence-electron chi connectivity index (χ2n) is 4.30. The van der Waals surface area contributed by atoms with Crippen LogP contribution in [-0.4, -0.2) is 21.5 Å². The Morgan fingerprint density at radius 1 is 1.21 bits per heavy atom. The van der Waals surface area contributed by atoms with E-state index in [4.69, 9.17) is 14.9 Å². The minimum absolute atomic E-state index is 0. The van der Waals surface area contributed by atoms with Gasteiger partial charge in [-0.3, -0.25) is 0 Å². The van der Waals surface area contributed by atoms with Crippen LogP contribution in [0.25, 0.3) is 0 Å². The molecule has 0 bridgehead atoms. The quantitative estimate of drug-likeness (QED) is 0.185. The Labute approximate surface area is 142 Å². The molecule has 0 saturated heterocycles. The topological polar surface area (TPSA) is 60.7 Å².